The van der Waals surface area contributed by atoms with E-state index in [-0.39, 0.29) is 37.0 Å². The Morgan fingerprint density at radius 2 is 1.88 bits per heavy atom. The summed E-state index contributed by atoms with van der Waals surface area (Å²) in [6, 6.07) is 11.9. The van der Waals surface area contributed by atoms with Gasteiger partial charge in [-0.15, -0.1) is 0 Å². The molecule has 136 valence electrons. The number of likely N-dealkylation sites (tertiary alicyclic amines) is 1. The third kappa shape index (κ3) is 3.46. The molecule has 1 saturated heterocycles. The van der Waals surface area contributed by atoms with Crippen LogP contribution in [0, 0.1) is 5.92 Å². The van der Waals surface area contributed by atoms with Crippen LogP contribution in [0.3, 0.4) is 0 Å². The summed E-state index contributed by atoms with van der Waals surface area (Å²) in [5.41, 5.74) is 0.505. The predicted molar refractivity (Wildman–Crippen MR) is 94.1 cm³/mol. The van der Waals surface area contributed by atoms with Gasteiger partial charge < -0.3 is 19.3 Å². The van der Waals surface area contributed by atoms with Crippen molar-refractivity contribution in [1.82, 2.24) is 9.47 Å². The van der Waals surface area contributed by atoms with Crippen molar-refractivity contribution in [3.8, 4) is 5.75 Å². The average molecular weight is 356 g/mol. The zero-order valence-electron chi connectivity index (χ0n) is 14.4. The van der Waals surface area contributed by atoms with Crippen LogP contribution >= 0.6 is 0 Å². The van der Waals surface area contributed by atoms with E-state index in [0.717, 1.165) is 5.56 Å². The van der Waals surface area contributed by atoms with Crippen LogP contribution in [0.2, 0.25) is 0 Å². The van der Waals surface area contributed by atoms with Gasteiger partial charge in [0, 0.05) is 31.3 Å². The molecule has 2 heterocycles. The quantitative estimate of drug-likeness (QED) is 0.869. The zero-order chi connectivity index (χ0) is 18.7. The molecular formula is C19H20N2O5. The third-order valence-corrected chi connectivity index (χ3v) is 4.73. The van der Waals surface area contributed by atoms with Crippen LogP contribution in [0.25, 0.3) is 0 Å². The molecule has 0 unspecified atom stereocenters. The molecule has 0 saturated carbocycles. The molecule has 26 heavy (non-hydrogen) atoms. The molecule has 1 aliphatic rings. The van der Waals surface area contributed by atoms with Crippen molar-refractivity contribution >= 4 is 11.9 Å². The van der Waals surface area contributed by atoms with E-state index in [4.69, 9.17) is 4.74 Å². The molecule has 1 aromatic heterocycles. The van der Waals surface area contributed by atoms with Gasteiger partial charge in [0.2, 0.25) is 5.91 Å². The van der Waals surface area contributed by atoms with Gasteiger partial charge in [0.1, 0.15) is 12.3 Å². The molecule has 3 rings (SSSR count). The van der Waals surface area contributed by atoms with Gasteiger partial charge in [0.25, 0.3) is 5.56 Å². The molecule has 0 aliphatic carbocycles. The number of carboxylic acids is 1. The number of amides is 1. The fraction of sp³-hybridized carbons (Fsp3) is 0.316. The third-order valence-electron chi connectivity index (χ3n) is 4.73. The van der Waals surface area contributed by atoms with E-state index in [1.807, 2.05) is 18.2 Å². The first-order valence-corrected chi connectivity index (χ1v) is 8.30. The molecule has 1 aromatic carbocycles. The number of carbonyl (C=O) groups excluding carboxylic acids is 1. The lowest BCUT2D eigenvalue weighted by molar-refractivity contribution is -0.141. The second-order valence-electron chi connectivity index (χ2n) is 6.26. The number of methoxy groups -OCH3 is 1. The minimum Gasteiger partial charge on any atom is -0.496 e. The summed E-state index contributed by atoms with van der Waals surface area (Å²) < 4.78 is 6.67. The number of hydrogen-bond donors (Lipinski definition) is 1. The Balaban J connectivity index is 1.83. The van der Waals surface area contributed by atoms with Crippen LogP contribution in [0.1, 0.15) is 11.5 Å². The van der Waals surface area contributed by atoms with Gasteiger partial charge in [-0.1, -0.05) is 24.3 Å². The number of carbonyl (C=O) groups is 2. The number of para-hydroxylation sites is 1. The standard InChI is InChI=1S/C19H20N2O5/c1-26-16-7-3-2-6-13(16)14-10-21(11-15(14)19(24)25)18(23)12-20-9-5-4-8-17(20)22/h2-9,14-15H,10-12H2,1H3,(H,24,25)/t14-,15+/m0/s1. The zero-order valence-corrected chi connectivity index (χ0v) is 14.4. The molecule has 1 N–H and O–H groups in total. The van der Waals surface area contributed by atoms with Crippen molar-refractivity contribution in [3.63, 3.8) is 0 Å². The normalized spacial score (nSPS) is 19.3. The molecule has 7 nitrogen and oxygen atoms in total. The number of aliphatic carboxylic acids is 1. The van der Waals surface area contributed by atoms with E-state index in [0.29, 0.717) is 5.75 Å². The molecule has 2 aromatic rings. The molecule has 0 spiro atoms. The summed E-state index contributed by atoms with van der Waals surface area (Å²) >= 11 is 0. The monoisotopic (exact) mass is 356 g/mol. The summed E-state index contributed by atoms with van der Waals surface area (Å²) in [6.07, 6.45) is 1.54. The Labute approximate surface area is 150 Å². The Bertz CT molecular complexity index is 876. The van der Waals surface area contributed by atoms with Crippen molar-refractivity contribution in [2.45, 2.75) is 12.5 Å². The van der Waals surface area contributed by atoms with Gasteiger partial charge in [-0.05, 0) is 17.7 Å². The summed E-state index contributed by atoms with van der Waals surface area (Å²) in [5, 5.41) is 9.61. The average Bonchev–Trinajstić information content (AvgIpc) is 3.09. The lowest BCUT2D eigenvalue weighted by Crippen LogP contribution is -2.35. The minimum atomic E-state index is -0.951. The predicted octanol–water partition coefficient (Wildman–Crippen LogP) is 1.18. The Morgan fingerprint density at radius 1 is 1.15 bits per heavy atom. The Morgan fingerprint density at radius 3 is 2.58 bits per heavy atom. The first kappa shape index (κ1) is 17.7. The molecule has 0 bridgehead atoms. The van der Waals surface area contributed by atoms with Crippen LogP contribution < -0.4 is 10.3 Å². The maximum absolute atomic E-state index is 12.6. The molecule has 1 amide bonds. The number of ether oxygens (including phenoxy) is 1. The smallest absolute Gasteiger partial charge is 0.308 e. The van der Waals surface area contributed by atoms with E-state index >= 15 is 0 Å². The number of pyridine rings is 1. The molecule has 1 aliphatic heterocycles. The SMILES string of the molecule is COc1ccccc1[C@@H]1CN(C(=O)Cn2ccccc2=O)C[C@H]1C(=O)O. The lowest BCUT2D eigenvalue weighted by atomic mass is 9.88. The van der Waals surface area contributed by atoms with Crippen molar-refractivity contribution in [2.24, 2.45) is 5.92 Å². The summed E-state index contributed by atoms with van der Waals surface area (Å²) in [6.45, 7) is 0.279. The molecule has 1 fully saturated rings. The maximum atomic E-state index is 12.6. The number of benzene rings is 1. The fourth-order valence-corrected chi connectivity index (χ4v) is 3.38. The number of rotatable bonds is 5. The van der Waals surface area contributed by atoms with Gasteiger partial charge in [-0.2, -0.15) is 0 Å². The molecule has 7 heteroatoms. The van der Waals surface area contributed by atoms with E-state index in [2.05, 4.69) is 0 Å². The Kier molecular flexibility index (Phi) is 5.06. The van der Waals surface area contributed by atoms with Crippen LogP contribution in [-0.4, -0.2) is 46.6 Å². The first-order valence-electron chi connectivity index (χ1n) is 8.30. The van der Waals surface area contributed by atoms with Gasteiger partial charge >= 0.3 is 5.97 Å². The number of hydrogen-bond acceptors (Lipinski definition) is 4. The van der Waals surface area contributed by atoms with Crippen LogP contribution in [0.5, 0.6) is 5.75 Å². The van der Waals surface area contributed by atoms with E-state index in [1.165, 1.54) is 22.6 Å². The van der Waals surface area contributed by atoms with Crippen LogP contribution in [-0.2, 0) is 16.1 Å². The lowest BCUT2D eigenvalue weighted by Gasteiger charge is -2.18. The highest BCUT2D eigenvalue weighted by atomic mass is 16.5. The minimum absolute atomic E-state index is 0.106. The highest BCUT2D eigenvalue weighted by Crippen LogP contribution is 2.37. The van der Waals surface area contributed by atoms with Gasteiger partial charge in [0.15, 0.2) is 0 Å². The molecular weight excluding hydrogens is 336 g/mol. The van der Waals surface area contributed by atoms with E-state index in [9.17, 15) is 19.5 Å². The topological polar surface area (TPSA) is 88.8 Å². The van der Waals surface area contributed by atoms with Crippen molar-refractivity contribution < 1.29 is 19.4 Å². The maximum Gasteiger partial charge on any atom is 0.308 e. The number of carboxylic acid groups (broad SMARTS) is 1. The van der Waals surface area contributed by atoms with E-state index in [1.54, 1.807) is 24.4 Å². The van der Waals surface area contributed by atoms with Crippen molar-refractivity contribution in [1.29, 1.82) is 0 Å². The first-order chi connectivity index (χ1) is 12.5. The summed E-state index contributed by atoms with van der Waals surface area (Å²) in [5.74, 6) is -1.70. The van der Waals surface area contributed by atoms with Crippen LogP contribution in [0.15, 0.2) is 53.5 Å². The molecule has 0 radical (unpaired) electrons. The number of aromatic nitrogens is 1. The van der Waals surface area contributed by atoms with Crippen molar-refractivity contribution in [3.05, 3.63) is 64.6 Å². The second kappa shape index (κ2) is 7.43. The second-order valence-corrected chi connectivity index (χ2v) is 6.26. The van der Waals surface area contributed by atoms with Gasteiger partial charge in [0.05, 0.1) is 13.0 Å². The molecule has 2 atom stereocenters. The summed E-state index contributed by atoms with van der Waals surface area (Å²) in [4.78, 5) is 37.6. The highest BCUT2D eigenvalue weighted by Gasteiger charge is 2.41. The number of nitrogens with zero attached hydrogens (tertiary/aromatic N) is 2. The largest absolute Gasteiger partial charge is 0.496 e. The van der Waals surface area contributed by atoms with Gasteiger partial charge in [-0.25, -0.2) is 0 Å². The van der Waals surface area contributed by atoms with Gasteiger partial charge in [-0.3, -0.25) is 14.4 Å². The van der Waals surface area contributed by atoms with Crippen LogP contribution in [0.4, 0.5) is 0 Å². The Hall–Kier alpha value is -3.09. The fourth-order valence-electron chi connectivity index (χ4n) is 3.38. The van der Waals surface area contributed by atoms with E-state index < -0.39 is 11.9 Å². The highest BCUT2D eigenvalue weighted by molar-refractivity contribution is 5.79. The van der Waals surface area contributed by atoms with Crippen molar-refractivity contribution in [2.75, 3.05) is 20.2 Å². The summed E-state index contributed by atoms with van der Waals surface area (Å²) in [7, 11) is 1.54.